The van der Waals surface area contributed by atoms with Gasteiger partial charge in [0.15, 0.2) is 11.5 Å². The highest BCUT2D eigenvalue weighted by molar-refractivity contribution is 6.12. The SMILES string of the molecule is COc1ccc2c3c(c4cc(OC)c(OC)cc4c2c1)C[C@@H](CC=O)NC3. The first kappa shape index (κ1) is 17.6. The van der Waals surface area contributed by atoms with Crippen LogP contribution < -0.4 is 19.5 Å². The maximum Gasteiger partial charge on any atom is 0.161 e. The third-order valence-electron chi connectivity index (χ3n) is 5.45. The van der Waals surface area contributed by atoms with Gasteiger partial charge < -0.3 is 24.3 Å². The Labute approximate surface area is 158 Å². The molecule has 1 N–H and O–H groups in total. The van der Waals surface area contributed by atoms with Crippen molar-refractivity contribution < 1.29 is 19.0 Å². The van der Waals surface area contributed by atoms with E-state index in [1.165, 1.54) is 16.5 Å². The number of carbonyl (C=O) groups is 1. The van der Waals surface area contributed by atoms with Crippen LogP contribution in [0.4, 0.5) is 0 Å². The van der Waals surface area contributed by atoms with Crippen molar-refractivity contribution in [2.45, 2.75) is 25.4 Å². The number of ether oxygens (including phenoxy) is 3. The fourth-order valence-electron chi connectivity index (χ4n) is 4.10. The molecule has 27 heavy (non-hydrogen) atoms. The Morgan fingerprint density at radius 1 is 0.926 bits per heavy atom. The van der Waals surface area contributed by atoms with Crippen molar-refractivity contribution in [2.24, 2.45) is 0 Å². The summed E-state index contributed by atoms with van der Waals surface area (Å²) in [5.41, 5.74) is 2.55. The average molecular weight is 365 g/mol. The number of fused-ring (bicyclic) bond motifs is 6. The molecular formula is C22H23NO4. The van der Waals surface area contributed by atoms with Crippen molar-refractivity contribution in [3.05, 3.63) is 41.5 Å². The van der Waals surface area contributed by atoms with E-state index >= 15 is 0 Å². The molecular weight excluding hydrogens is 342 g/mol. The molecule has 3 aromatic carbocycles. The molecule has 0 aromatic heterocycles. The molecule has 1 aliphatic heterocycles. The zero-order chi connectivity index (χ0) is 19.0. The summed E-state index contributed by atoms with van der Waals surface area (Å²) in [5, 5.41) is 8.06. The number of hydrogen-bond acceptors (Lipinski definition) is 5. The zero-order valence-electron chi connectivity index (χ0n) is 15.8. The van der Waals surface area contributed by atoms with Crippen LogP contribution in [0.2, 0.25) is 0 Å². The van der Waals surface area contributed by atoms with Gasteiger partial charge in [0.2, 0.25) is 0 Å². The predicted octanol–water partition coefficient (Wildman–Crippen LogP) is 3.62. The molecule has 4 rings (SSSR count). The second-order valence-electron chi connectivity index (χ2n) is 6.81. The molecule has 5 heteroatoms. The maximum absolute atomic E-state index is 11.0. The number of carbonyl (C=O) groups excluding carboxylic acids is 1. The number of methoxy groups -OCH3 is 3. The van der Waals surface area contributed by atoms with Gasteiger partial charge in [0.1, 0.15) is 12.0 Å². The van der Waals surface area contributed by atoms with Crippen molar-refractivity contribution in [1.29, 1.82) is 0 Å². The van der Waals surface area contributed by atoms with Gasteiger partial charge in [-0.05, 0) is 63.4 Å². The van der Waals surface area contributed by atoms with E-state index in [9.17, 15) is 4.79 Å². The lowest BCUT2D eigenvalue weighted by atomic mass is 9.85. The second-order valence-corrected chi connectivity index (χ2v) is 6.81. The number of aldehydes is 1. The Morgan fingerprint density at radius 2 is 1.63 bits per heavy atom. The normalized spacial score (nSPS) is 16.2. The van der Waals surface area contributed by atoms with E-state index in [1.54, 1.807) is 21.3 Å². The van der Waals surface area contributed by atoms with E-state index in [-0.39, 0.29) is 6.04 Å². The molecule has 0 spiro atoms. The lowest BCUT2D eigenvalue weighted by Gasteiger charge is -2.28. The highest BCUT2D eigenvalue weighted by Crippen LogP contribution is 2.42. The van der Waals surface area contributed by atoms with Gasteiger partial charge in [-0.3, -0.25) is 0 Å². The number of rotatable bonds is 5. The standard InChI is InChI=1S/C22H23NO4/c1-25-14-4-5-15-17(9-14)19-11-22(27-3)21(26-2)10-18(19)16-8-13(6-7-24)23-12-20(15)16/h4-5,7,9-11,13,23H,6,8,12H2,1-3H3/t13-/m1/s1. The zero-order valence-corrected chi connectivity index (χ0v) is 15.8. The molecule has 1 aliphatic rings. The molecule has 3 aromatic rings. The average Bonchev–Trinajstić information content (AvgIpc) is 2.72. The minimum atomic E-state index is 0.155. The van der Waals surface area contributed by atoms with Crippen LogP contribution in [0.1, 0.15) is 17.5 Å². The van der Waals surface area contributed by atoms with E-state index in [0.29, 0.717) is 17.9 Å². The number of hydrogen-bond donors (Lipinski definition) is 1. The van der Waals surface area contributed by atoms with Crippen molar-refractivity contribution in [2.75, 3.05) is 21.3 Å². The highest BCUT2D eigenvalue weighted by Gasteiger charge is 2.24. The fourth-order valence-corrected chi connectivity index (χ4v) is 4.10. The van der Waals surface area contributed by atoms with Crippen molar-refractivity contribution in [3.63, 3.8) is 0 Å². The molecule has 0 radical (unpaired) electrons. The van der Waals surface area contributed by atoms with Crippen LogP contribution >= 0.6 is 0 Å². The fraction of sp³-hybridized carbons (Fsp3) is 0.318. The van der Waals surface area contributed by atoms with Crippen molar-refractivity contribution in [1.82, 2.24) is 5.32 Å². The predicted molar refractivity (Wildman–Crippen MR) is 106 cm³/mol. The van der Waals surface area contributed by atoms with E-state index < -0.39 is 0 Å². The largest absolute Gasteiger partial charge is 0.497 e. The van der Waals surface area contributed by atoms with E-state index in [0.717, 1.165) is 41.2 Å². The summed E-state index contributed by atoms with van der Waals surface area (Å²) in [6.45, 7) is 0.737. The Kier molecular flexibility index (Phi) is 4.62. The summed E-state index contributed by atoms with van der Waals surface area (Å²) in [6, 6.07) is 10.4. The van der Waals surface area contributed by atoms with Gasteiger partial charge in [0.25, 0.3) is 0 Å². The Balaban J connectivity index is 2.08. The molecule has 0 saturated carbocycles. The first-order valence-electron chi connectivity index (χ1n) is 9.04. The number of nitrogens with one attached hydrogen (secondary N) is 1. The van der Waals surface area contributed by atoms with E-state index in [1.807, 2.05) is 12.1 Å². The first-order valence-corrected chi connectivity index (χ1v) is 9.04. The smallest absolute Gasteiger partial charge is 0.161 e. The minimum absolute atomic E-state index is 0.155. The molecule has 0 unspecified atom stereocenters. The highest BCUT2D eigenvalue weighted by atomic mass is 16.5. The minimum Gasteiger partial charge on any atom is -0.497 e. The quantitative estimate of drug-likeness (QED) is 0.553. The summed E-state index contributed by atoms with van der Waals surface area (Å²) < 4.78 is 16.5. The van der Waals surface area contributed by atoms with Crippen LogP contribution in [-0.4, -0.2) is 33.7 Å². The van der Waals surface area contributed by atoms with Crippen molar-refractivity contribution in [3.8, 4) is 17.2 Å². The third kappa shape index (κ3) is 2.88. The molecule has 140 valence electrons. The van der Waals surface area contributed by atoms with E-state index in [4.69, 9.17) is 14.2 Å². The molecule has 1 atom stereocenters. The maximum atomic E-state index is 11.0. The van der Waals surface area contributed by atoms with Gasteiger partial charge in [0, 0.05) is 19.0 Å². The Hall–Kier alpha value is -2.79. The van der Waals surface area contributed by atoms with Crippen LogP contribution in [0.25, 0.3) is 21.5 Å². The summed E-state index contributed by atoms with van der Waals surface area (Å²) in [7, 11) is 4.98. The van der Waals surface area contributed by atoms with Crippen LogP contribution in [0.5, 0.6) is 17.2 Å². The lowest BCUT2D eigenvalue weighted by molar-refractivity contribution is -0.108. The van der Waals surface area contributed by atoms with Gasteiger partial charge in [-0.15, -0.1) is 0 Å². The van der Waals surface area contributed by atoms with Crippen LogP contribution in [0.3, 0.4) is 0 Å². The third-order valence-corrected chi connectivity index (χ3v) is 5.45. The van der Waals surface area contributed by atoms with E-state index in [2.05, 4.69) is 23.5 Å². The molecule has 0 amide bonds. The van der Waals surface area contributed by atoms with Crippen LogP contribution in [0, 0.1) is 0 Å². The summed E-state index contributed by atoms with van der Waals surface area (Å²) in [6.07, 6.45) is 2.30. The van der Waals surface area contributed by atoms with Crippen molar-refractivity contribution >= 4 is 27.8 Å². The summed E-state index contributed by atoms with van der Waals surface area (Å²) in [5.74, 6) is 2.23. The Bertz CT molecular complexity index is 1030. The second kappa shape index (κ2) is 7.08. The van der Waals surface area contributed by atoms with Gasteiger partial charge >= 0.3 is 0 Å². The van der Waals surface area contributed by atoms with Gasteiger partial charge in [-0.1, -0.05) is 6.07 Å². The molecule has 0 bridgehead atoms. The lowest BCUT2D eigenvalue weighted by Crippen LogP contribution is -2.36. The monoisotopic (exact) mass is 365 g/mol. The Morgan fingerprint density at radius 3 is 2.30 bits per heavy atom. The van der Waals surface area contributed by atoms with Gasteiger partial charge in [-0.2, -0.15) is 0 Å². The molecule has 0 fully saturated rings. The molecule has 1 heterocycles. The van der Waals surface area contributed by atoms with Gasteiger partial charge in [-0.25, -0.2) is 0 Å². The summed E-state index contributed by atoms with van der Waals surface area (Å²) >= 11 is 0. The summed E-state index contributed by atoms with van der Waals surface area (Å²) in [4.78, 5) is 11.0. The molecule has 0 aliphatic carbocycles. The van der Waals surface area contributed by atoms with Gasteiger partial charge in [0.05, 0.1) is 21.3 Å². The van der Waals surface area contributed by atoms with Crippen LogP contribution in [-0.2, 0) is 17.8 Å². The first-order chi connectivity index (χ1) is 13.2. The topological polar surface area (TPSA) is 56.8 Å². The van der Waals surface area contributed by atoms with Crippen LogP contribution in [0.15, 0.2) is 30.3 Å². The number of benzene rings is 3. The molecule has 0 saturated heterocycles. The molecule has 5 nitrogen and oxygen atoms in total.